The van der Waals surface area contributed by atoms with E-state index in [2.05, 4.69) is 5.32 Å². The molecule has 2 aromatic heterocycles. The lowest BCUT2D eigenvalue weighted by molar-refractivity contribution is 0.102. The van der Waals surface area contributed by atoms with Gasteiger partial charge in [-0.2, -0.15) is 5.26 Å². The molecular formula is C22H15N3O3S. The summed E-state index contributed by atoms with van der Waals surface area (Å²) in [4.78, 5) is 26.1. The largest absolute Gasteiger partial charge is 0.505 e. The summed E-state index contributed by atoms with van der Waals surface area (Å²) in [6.45, 7) is 0.266. The van der Waals surface area contributed by atoms with Crippen LogP contribution in [0.4, 0.5) is 5.69 Å². The summed E-state index contributed by atoms with van der Waals surface area (Å²) >= 11 is 1.25. The molecule has 0 fully saturated rings. The molecule has 29 heavy (non-hydrogen) atoms. The Balaban J connectivity index is 1.83. The van der Waals surface area contributed by atoms with E-state index in [1.54, 1.807) is 35.7 Å². The van der Waals surface area contributed by atoms with Crippen molar-refractivity contribution in [2.45, 2.75) is 6.54 Å². The molecule has 0 radical (unpaired) electrons. The van der Waals surface area contributed by atoms with Crippen molar-refractivity contribution in [3.05, 3.63) is 93.1 Å². The number of aromatic nitrogens is 1. The van der Waals surface area contributed by atoms with E-state index in [0.717, 1.165) is 5.56 Å². The molecule has 0 bridgehead atoms. The first-order chi connectivity index (χ1) is 14.1. The van der Waals surface area contributed by atoms with E-state index in [9.17, 15) is 20.0 Å². The van der Waals surface area contributed by atoms with Gasteiger partial charge in [0.2, 0.25) is 0 Å². The smallest absolute Gasteiger partial charge is 0.268 e. The summed E-state index contributed by atoms with van der Waals surface area (Å²) in [5, 5.41) is 24.2. The van der Waals surface area contributed by atoms with Gasteiger partial charge in [-0.05, 0) is 29.1 Å². The number of aromatic hydroxyl groups is 1. The van der Waals surface area contributed by atoms with Crippen molar-refractivity contribution in [1.82, 2.24) is 4.57 Å². The number of benzene rings is 2. The minimum absolute atomic E-state index is 0.266. The fraction of sp³-hybridized carbons (Fsp3) is 0.0455. The van der Waals surface area contributed by atoms with Crippen LogP contribution in [0.5, 0.6) is 5.75 Å². The second-order valence-electron chi connectivity index (χ2n) is 6.35. The lowest BCUT2D eigenvalue weighted by Gasteiger charge is -2.13. The highest BCUT2D eigenvalue weighted by Crippen LogP contribution is 2.32. The first kappa shape index (κ1) is 18.5. The lowest BCUT2D eigenvalue weighted by Crippen LogP contribution is -2.30. The summed E-state index contributed by atoms with van der Waals surface area (Å²) in [6, 6.07) is 19.6. The van der Waals surface area contributed by atoms with Gasteiger partial charge >= 0.3 is 0 Å². The number of para-hydroxylation sites is 1. The van der Waals surface area contributed by atoms with Crippen molar-refractivity contribution in [3.8, 4) is 11.8 Å². The van der Waals surface area contributed by atoms with Crippen LogP contribution >= 0.6 is 11.3 Å². The van der Waals surface area contributed by atoms with Crippen molar-refractivity contribution in [2.75, 3.05) is 5.32 Å². The van der Waals surface area contributed by atoms with Crippen LogP contribution in [0.15, 0.2) is 70.8 Å². The SMILES string of the molecule is N#Cc1ccccc1NC(=O)c1c(O)c2sccc2n(Cc2ccccc2)c1=O. The van der Waals surface area contributed by atoms with Crippen molar-refractivity contribution in [1.29, 1.82) is 5.26 Å². The van der Waals surface area contributed by atoms with Crippen molar-refractivity contribution in [3.63, 3.8) is 0 Å². The van der Waals surface area contributed by atoms with E-state index in [1.165, 1.54) is 15.9 Å². The minimum Gasteiger partial charge on any atom is -0.505 e. The molecule has 142 valence electrons. The van der Waals surface area contributed by atoms with Gasteiger partial charge in [0.25, 0.3) is 11.5 Å². The van der Waals surface area contributed by atoms with Gasteiger partial charge in [0.05, 0.1) is 28.0 Å². The maximum atomic E-state index is 13.2. The number of nitriles is 1. The predicted molar refractivity (Wildman–Crippen MR) is 112 cm³/mol. The van der Waals surface area contributed by atoms with Gasteiger partial charge in [-0.3, -0.25) is 9.59 Å². The molecular weight excluding hydrogens is 386 g/mol. The molecule has 0 saturated carbocycles. The Morgan fingerprint density at radius 2 is 1.83 bits per heavy atom. The summed E-state index contributed by atoms with van der Waals surface area (Å²) in [6.07, 6.45) is 0. The molecule has 2 aromatic carbocycles. The van der Waals surface area contributed by atoms with E-state index in [1.807, 2.05) is 36.4 Å². The van der Waals surface area contributed by atoms with Crippen molar-refractivity contribution >= 4 is 33.1 Å². The van der Waals surface area contributed by atoms with Crippen LogP contribution in [0, 0.1) is 11.3 Å². The van der Waals surface area contributed by atoms with Gasteiger partial charge in [0.1, 0.15) is 11.6 Å². The predicted octanol–water partition coefficient (Wildman–Crippen LogP) is 3.94. The Morgan fingerprint density at radius 3 is 2.59 bits per heavy atom. The van der Waals surface area contributed by atoms with Crippen molar-refractivity contribution < 1.29 is 9.90 Å². The average molecular weight is 401 g/mol. The van der Waals surface area contributed by atoms with Gasteiger partial charge in [0, 0.05) is 0 Å². The van der Waals surface area contributed by atoms with Crippen LogP contribution < -0.4 is 10.9 Å². The summed E-state index contributed by atoms with van der Waals surface area (Å²) < 4.78 is 1.94. The number of amides is 1. The highest BCUT2D eigenvalue weighted by molar-refractivity contribution is 7.17. The molecule has 0 atom stereocenters. The third kappa shape index (κ3) is 3.37. The summed E-state index contributed by atoms with van der Waals surface area (Å²) in [5.41, 5.74) is 1.07. The molecule has 6 nitrogen and oxygen atoms in total. The maximum Gasteiger partial charge on any atom is 0.268 e. The van der Waals surface area contributed by atoms with Crippen LogP contribution in [0.3, 0.4) is 0 Å². The van der Waals surface area contributed by atoms with E-state index in [4.69, 9.17) is 0 Å². The maximum absolute atomic E-state index is 13.2. The fourth-order valence-corrected chi connectivity index (χ4v) is 4.00. The van der Waals surface area contributed by atoms with Crippen LogP contribution in [-0.2, 0) is 6.54 Å². The number of carbonyl (C=O) groups is 1. The van der Waals surface area contributed by atoms with Crippen LogP contribution in [0.25, 0.3) is 10.2 Å². The number of anilines is 1. The quantitative estimate of drug-likeness (QED) is 0.541. The lowest BCUT2D eigenvalue weighted by atomic mass is 10.1. The van der Waals surface area contributed by atoms with Gasteiger partial charge in [-0.1, -0.05) is 42.5 Å². The fourth-order valence-electron chi connectivity index (χ4n) is 3.15. The third-order valence-corrected chi connectivity index (χ3v) is 5.46. The number of thiophene rings is 1. The zero-order chi connectivity index (χ0) is 20.4. The molecule has 0 aliphatic rings. The Morgan fingerprint density at radius 1 is 1.10 bits per heavy atom. The number of carbonyl (C=O) groups excluding carboxylic acids is 1. The van der Waals surface area contributed by atoms with Crippen molar-refractivity contribution in [2.24, 2.45) is 0 Å². The highest BCUT2D eigenvalue weighted by Gasteiger charge is 2.23. The van der Waals surface area contributed by atoms with Gasteiger partial charge in [-0.15, -0.1) is 11.3 Å². The zero-order valence-electron chi connectivity index (χ0n) is 15.1. The number of pyridine rings is 1. The monoisotopic (exact) mass is 401 g/mol. The van der Waals surface area contributed by atoms with Crippen LogP contribution in [0.2, 0.25) is 0 Å². The molecule has 2 N–H and O–H groups in total. The number of nitrogens with zero attached hydrogens (tertiary/aromatic N) is 2. The topological polar surface area (TPSA) is 95.1 Å². The number of nitrogens with one attached hydrogen (secondary N) is 1. The Labute approximate surface area is 169 Å². The molecule has 0 aliphatic heterocycles. The minimum atomic E-state index is -0.757. The second-order valence-corrected chi connectivity index (χ2v) is 7.26. The first-order valence-corrected chi connectivity index (χ1v) is 9.65. The van der Waals surface area contributed by atoms with Crippen LogP contribution in [-0.4, -0.2) is 15.6 Å². The molecule has 0 spiro atoms. The molecule has 0 unspecified atom stereocenters. The molecule has 4 aromatic rings. The Kier molecular flexibility index (Phi) is 4.85. The standard InChI is InChI=1S/C22H15N3O3S/c23-12-15-8-4-5-9-16(15)24-21(27)18-19(26)20-17(10-11-29-20)25(22(18)28)13-14-6-2-1-3-7-14/h1-11,26H,13H2,(H,24,27). The number of fused-ring (bicyclic) bond motifs is 1. The van der Waals surface area contributed by atoms with Gasteiger partial charge < -0.3 is 15.0 Å². The van der Waals surface area contributed by atoms with Crippen LogP contribution in [0.1, 0.15) is 21.5 Å². The van der Waals surface area contributed by atoms with E-state index in [-0.39, 0.29) is 29.1 Å². The molecule has 2 heterocycles. The average Bonchev–Trinajstić information content (AvgIpc) is 3.22. The zero-order valence-corrected chi connectivity index (χ0v) is 15.9. The molecule has 4 rings (SSSR count). The Hall–Kier alpha value is -3.89. The molecule has 0 aliphatic carbocycles. The van der Waals surface area contributed by atoms with Gasteiger partial charge in [-0.25, -0.2) is 0 Å². The number of rotatable bonds is 4. The third-order valence-electron chi connectivity index (χ3n) is 4.55. The first-order valence-electron chi connectivity index (χ1n) is 8.77. The second kappa shape index (κ2) is 7.62. The molecule has 1 amide bonds. The molecule has 7 heteroatoms. The summed E-state index contributed by atoms with van der Waals surface area (Å²) in [5.74, 6) is -1.11. The van der Waals surface area contributed by atoms with E-state index < -0.39 is 11.5 Å². The van der Waals surface area contributed by atoms with E-state index >= 15 is 0 Å². The normalized spacial score (nSPS) is 10.6. The number of hydrogen-bond acceptors (Lipinski definition) is 5. The molecule has 0 saturated heterocycles. The highest BCUT2D eigenvalue weighted by atomic mass is 32.1. The number of hydrogen-bond donors (Lipinski definition) is 2. The Bertz CT molecular complexity index is 1320. The summed E-state index contributed by atoms with van der Waals surface area (Å²) in [7, 11) is 0. The van der Waals surface area contributed by atoms with E-state index in [0.29, 0.717) is 10.2 Å². The van der Waals surface area contributed by atoms with Gasteiger partial charge in [0.15, 0.2) is 5.75 Å².